The van der Waals surface area contributed by atoms with Crippen molar-refractivity contribution in [3.8, 4) is 11.5 Å². The molecule has 0 aliphatic rings. The molecule has 4 nitrogen and oxygen atoms in total. The Labute approximate surface area is 115 Å². The van der Waals surface area contributed by atoms with Gasteiger partial charge in [0.15, 0.2) is 5.82 Å². The normalized spacial score (nSPS) is 11.8. The van der Waals surface area contributed by atoms with Crippen LogP contribution < -0.4 is 5.73 Å². The van der Waals surface area contributed by atoms with Gasteiger partial charge in [-0.2, -0.15) is 4.98 Å². The second-order valence-electron chi connectivity index (χ2n) is 4.41. The van der Waals surface area contributed by atoms with Crippen molar-refractivity contribution in [2.75, 3.05) is 0 Å². The Bertz CT molecular complexity index is 581. The third kappa shape index (κ3) is 2.62. The van der Waals surface area contributed by atoms with Crippen LogP contribution in [-0.4, -0.2) is 10.1 Å². The zero-order valence-corrected chi connectivity index (χ0v) is 11.5. The van der Waals surface area contributed by atoms with Crippen LogP contribution in [0.3, 0.4) is 0 Å². The fraction of sp³-hybridized carbons (Fsp3) is 0.385. The first-order valence-electron chi connectivity index (χ1n) is 6.08. The molecule has 0 saturated heterocycles. The van der Waals surface area contributed by atoms with Gasteiger partial charge < -0.3 is 10.3 Å². The van der Waals surface area contributed by atoms with Crippen LogP contribution in [0.1, 0.15) is 32.5 Å². The van der Waals surface area contributed by atoms with Crippen molar-refractivity contribution in [1.82, 2.24) is 10.1 Å². The average molecular weight is 284 g/mol. The van der Waals surface area contributed by atoms with Gasteiger partial charge in [0.1, 0.15) is 5.82 Å². The molecule has 1 aromatic carbocycles. The first-order valence-corrected chi connectivity index (χ1v) is 6.46. The number of hydrogen-bond donors (Lipinski definition) is 1. The number of nitrogens with two attached hydrogens (primary N) is 1. The maximum Gasteiger partial charge on any atom is 0.260 e. The minimum Gasteiger partial charge on any atom is -0.334 e. The summed E-state index contributed by atoms with van der Waals surface area (Å²) in [7, 11) is 0. The Kier molecular flexibility index (Phi) is 3.87. The highest BCUT2D eigenvalue weighted by atomic mass is 35.5. The highest BCUT2D eigenvalue weighted by Gasteiger charge is 2.29. The predicted molar refractivity (Wildman–Crippen MR) is 71.1 cm³/mol. The standard InChI is InChI=1S/C13H15ClFN3O/c1-3-13(16,4-2)12-17-11(19-18-12)9-6-5-8(14)7-10(9)15/h5-7H,3-4,16H2,1-2H3. The summed E-state index contributed by atoms with van der Waals surface area (Å²) in [4.78, 5) is 4.20. The summed E-state index contributed by atoms with van der Waals surface area (Å²) < 4.78 is 18.9. The van der Waals surface area contributed by atoms with Crippen LogP contribution in [0.25, 0.3) is 11.5 Å². The summed E-state index contributed by atoms with van der Waals surface area (Å²) in [6.07, 6.45) is 1.34. The second-order valence-corrected chi connectivity index (χ2v) is 4.85. The smallest absolute Gasteiger partial charge is 0.260 e. The van der Waals surface area contributed by atoms with Crippen LogP contribution in [0.2, 0.25) is 5.02 Å². The molecular formula is C13H15ClFN3O. The lowest BCUT2D eigenvalue weighted by atomic mass is 9.93. The highest BCUT2D eigenvalue weighted by molar-refractivity contribution is 6.30. The molecule has 6 heteroatoms. The van der Waals surface area contributed by atoms with Gasteiger partial charge in [-0.1, -0.05) is 30.6 Å². The molecular weight excluding hydrogens is 269 g/mol. The molecule has 1 aromatic heterocycles. The molecule has 0 atom stereocenters. The van der Waals surface area contributed by atoms with Crippen molar-refractivity contribution in [3.63, 3.8) is 0 Å². The Morgan fingerprint density at radius 2 is 2.05 bits per heavy atom. The molecule has 0 fully saturated rings. The fourth-order valence-electron chi connectivity index (χ4n) is 1.76. The number of rotatable bonds is 4. The van der Waals surface area contributed by atoms with Gasteiger partial charge in [-0.3, -0.25) is 0 Å². The van der Waals surface area contributed by atoms with Gasteiger partial charge in [0, 0.05) is 5.02 Å². The molecule has 0 radical (unpaired) electrons. The van der Waals surface area contributed by atoms with Gasteiger partial charge in [0.05, 0.1) is 11.1 Å². The molecule has 2 aromatic rings. The van der Waals surface area contributed by atoms with E-state index in [2.05, 4.69) is 10.1 Å². The van der Waals surface area contributed by atoms with E-state index in [1.54, 1.807) is 6.07 Å². The van der Waals surface area contributed by atoms with Crippen molar-refractivity contribution in [3.05, 3.63) is 34.9 Å². The van der Waals surface area contributed by atoms with E-state index < -0.39 is 11.4 Å². The summed E-state index contributed by atoms with van der Waals surface area (Å²) >= 11 is 5.70. The Morgan fingerprint density at radius 3 is 2.63 bits per heavy atom. The Balaban J connectivity index is 2.41. The number of nitrogens with zero attached hydrogens (tertiary/aromatic N) is 2. The van der Waals surface area contributed by atoms with E-state index in [9.17, 15) is 4.39 Å². The second kappa shape index (κ2) is 5.27. The molecule has 19 heavy (non-hydrogen) atoms. The van der Waals surface area contributed by atoms with Gasteiger partial charge in [-0.15, -0.1) is 0 Å². The lowest BCUT2D eigenvalue weighted by Gasteiger charge is -2.21. The van der Waals surface area contributed by atoms with Gasteiger partial charge in [-0.05, 0) is 31.0 Å². The number of hydrogen-bond acceptors (Lipinski definition) is 4. The number of aromatic nitrogens is 2. The third-order valence-electron chi connectivity index (χ3n) is 3.29. The zero-order valence-electron chi connectivity index (χ0n) is 10.8. The number of halogens is 2. The molecule has 0 unspecified atom stereocenters. The summed E-state index contributed by atoms with van der Waals surface area (Å²) in [6.45, 7) is 3.89. The molecule has 0 aliphatic heterocycles. The van der Waals surface area contributed by atoms with E-state index in [0.717, 1.165) is 0 Å². The van der Waals surface area contributed by atoms with E-state index in [0.29, 0.717) is 23.7 Å². The summed E-state index contributed by atoms with van der Waals surface area (Å²) in [6, 6.07) is 4.28. The minimum absolute atomic E-state index is 0.112. The largest absolute Gasteiger partial charge is 0.334 e. The topological polar surface area (TPSA) is 64.9 Å². The molecule has 0 bridgehead atoms. The molecule has 1 heterocycles. The maximum absolute atomic E-state index is 13.8. The molecule has 0 amide bonds. The molecule has 2 N–H and O–H groups in total. The fourth-order valence-corrected chi connectivity index (χ4v) is 1.92. The van der Waals surface area contributed by atoms with E-state index in [1.807, 2.05) is 13.8 Å². The van der Waals surface area contributed by atoms with Gasteiger partial charge in [0.25, 0.3) is 5.89 Å². The summed E-state index contributed by atoms with van der Waals surface area (Å²) in [5.41, 5.74) is 5.74. The molecule has 0 saturated carbocycles. The maximum atomic E-state index is 13.8. The SMILES string of the molecule is CCC(N)(CC)c1noc(-c2ccc(Cl)cc2F)n1. The first-order chi connectivity index (χ1) is 9.00. The molecule has 2 rings (SSSR count). The molecule has 102 valence electrons. The van der Waals surface area contributed by atoms with Crippen molar-refractivity contribution < 1.29 is 8.91 Å². The van der Waals surface area contributed by atoms with Gasteiger partial charge in [0.2, 0.25) is 0 Å². The van der Waals surface area contributed by atoms with Crippen LogP contribution in [0.15, 0.2) is 22.7 Å². The van der Waals surface area contributed by atoms with Gasteiger partial charge >= 0.3 is 0 Å². The lowest BCUT2D eigenvalue weighted by molar-refractivity contribution is 0.350. The molecule has 0 spiro atoms. The van der Waals surface area contributed by atoms with Gasteiger partial charge in [-0.25, -0.2) is 4.39 Å². The molecule has 0 aliphatic carbocycles. The van der Waals surface area contributed by atoms with Crippen LogP contribution in [0.4, 0.5) is 4.39 Å². The Morgan fingerprint density at radius 1 is 1.37 bits per heavy atom. The summed E-state index contributed by atoms with van der Waals surface area (Å²) in [5, 5.41) is 4.18. The van der Waals surface area contributed by atoms with Crippen molar-refractivity contribution >= 4 is 11.6 Å². The van der Waals surface area contributed by atoms with Crippen molar-refractivity contribution in [2.24, 2.45) is 5.73 Å². The van der Waals surface area contributed by atoms with E-state index >= 15 is 0 Å². The van der Waals surface area contributed by atoms with Crippen LogP contribution >= 0.6 is 11.6 Å². The Hall–Kier alpha value is -1.46. The average Bonchev–Trinajstić information content (AvgIpc) is 2.88. The highest BCUT2D eigenvalue weighted by Crippen LogP contribution is 2.28. The van der Waals surface area contributed by atoms with Crippen LogP contribution in [0, 0.1) is 5.82 Å². The van der Waals surface area contributed by atoms with E-state index in [1.165, 1.54) is 12.1 Å². The predicted octanol–water partition coefficient (Wildman–Crippen LogP) is 3.50. The summed E-state index contributed by atoms with van der Waals surface area (Å²) in [5.74, 6) is 0.000982. The van der Waals surface area contributed by atoms with Crippen molar-refractivity contribution in [1.29, 1.82) is 0 Å². The zero-order chi connectivity index (χ0) is 14.0. The van der Waals surface area contributed by atoms with Crippen LogP contribution in [0.5, 0.6) is 0 Å². The lowest BCUT2D eigenvalue weighted by Crippen LogP contribution is -2.36. The quantitative estimate of drug-likeness (QED) is 0.932. The minimum atomic E-state index is -0.648. The van der Waals surface area contributed by atoms with E-state index in [-0.39, 0.29) is 11.5 Å². The third-order valence-corrected chi connectivity index (χ3v) is 3.53. The van der Waals surface area contributed by atoms with Crippen LogP contribution in [-0.2, 0) is 5.54 Å². The number of benzene rings is 1. The van der Waals surface area contributed by atoms with Crippen molar-refractivity contribution in [2.45, 2.75) is 32.2 Å². The first kappa shape index (κ1) is 14.0. The monoisotopic (exact) mass is 283 g/mol. The van der Waals surface area contributed by atoms with E-state index in [4.69, 9.17) is 21.9 Å².